The first kappa shape index (κ1) is 14.2. The first-order valence-corrected chi connectivity index (χ1v) is 7.27. The fourth-order valence-electron chi connectivity index (χ4n) is 1.86. The highest BCUT2D eigenvalue weighted by Gasteiger charge is 2.23. The third-order valence-corrected chi connectivity index (χ3v) is 4.84. The number of rotatable bonds is 3. The van der Waals surface area contributed by atoms with Crippen LogP contribution in [0.1, 0.15) is 5.56 Å². The van der Waals surface area contributed by atoms with Crippen molar-refractivity contribution in [3.8, 4) is 17.2 Å². The van der Waals surface area contributed by atoms with Crippen molar-refractivity contribution in [2.75, 3.05) is 7.11 Å². The van der Waals surface area contributed by atoms with Crippen LogP contribution in [0.15, 0.2) is 46.2 Å². The Labute approximate surface area is 117 Å². The molecular formula is C14H14O5S. The molecule has 0 unspecified atom stereocenters. The Morgan fingerprint density at radius 3 is 2.35 bits per heavy atom. The van der Waals surface area contributed by atoms with E-state index < -0.39 is 21.3 Å². The summed E-state index contributed by atoms with van der Waals surface area (Å²) in [5.74, 6) is -1.13. The molecule has 0 aliphatic carbocycles. The molecule has 0 amide bonds. The number of phenolic OH excluding ortho intramolecular Hbond substituents is 2. The summed E-state index contributed by atoms with van der Waals surface area (Å²) in [4.78, 5) is 0.00564. The standard InChI is InChI=1S/C14H14O5S/c1-9-5-3-4-6-13(9)20(17,18)10-7-11(15)14(16)12(8-10)19-2/h3-8,15-16H,1-2H3. The summed E-state index contributed by atoms with van der Waals surface area (Å²) in [6, 6.07) is 8.71. The summed E-state index contributed by atoms with van der Waals surface area (Å²) in [5, 5.41) is 19.1. The highest BCUT2D eigenvalue weighted by molar-refractivity contribution is 7.91. The Morgan fingerprint density at radius 2 is 1.75 bits per heavy atom. The molecule has 20 heavy (non-hydrogen) atoms. The zero-order valence-electron chi connectivity index (χ0n) is 11.0. The van der Waals surface area contributed by atoms with Crippen molar-refractivity contribution >= 4 is 9.84 Å². The molecule has 106 valence electrons. The van der Waals surface area contributed by atoms with Gasteiger partial charge in [-0.25, -0.2) is 8.42 Å². The number of hydrogen-bond donors (Lipinski definition) is 2. The topological polar surface area (TPSA) is 83.8 Å². The van der Waals surface area contributed by atoms with Crippen LogP contribution in [0.2, 0.25) is 0 Å². The van der Waals surface area contributed by atoms with Crippen LogP contribution in [-0.2, 0) is 9.84 Å². The number of ether oxygens (including phenoxy) is 1. The number of aromatic hydroxyl groups is 2. The highest BCUT2D eigenvalue weighted by Crippen LogP contribution is 2.39. The molecule has 0 saturated carbocycles. The second-order valence-electron chi connectivity index (χ2n) is 4.26. The molecule has 0 heterocycles. The van der Waals surface area contributed by atoms with E-state index in [1.807, 2.05) is 0 Å². The SMILES string of the molecule is COc1cc(S(=O)(=O)c2ccccc2C)cc(O)c1O. The molecule has 0 fully saturated rings. The van der Waals surface area contributed by atoms with Gasteiger partial charge in [0, 0.05) is 12.1 Å². The van der Waals surface area contributed by atoms with Gasteiger partial charge in [-0.3, -0.25) is 0 Å². The molecule has 0 aromatic heterocycles. The summed E-state index contributed by atoms with van der Waals surface area (Å²) >= 11 is 0. The van der Waals surface area contributed by atoms with Gasteiger partial charge in [-0.05, 0) is 18.6 Å². The van der Waals surface area contributed by atoms with Crippen LogP contribution in [-0.4, -0.2) is 25.7 Å². The van der Waals surface area contributed by atoms with Gasteiger partial charge in [0.25, 0.3) is 0 Å². The smallest absolute Gasteiger partial charge is 0.207 e. The molecule has 0 atom stereocenters. The van der Waals surface area contributed by atoms with Gasteiger partial charge < -0.3 is 14.9 Å². The summed E-state index contributed by atoms with van der Waals surface area (Å²) in [6.45, 7) is 1.68. The van der Waals surface area contributed by atoms with E-state index >= 15 is 0 Å². The maximum atomic E-state index is 12.5. The number of phenols is 2. The monoisotopic (exact) mass is 294 g/mol. The lowest BCUT2D eigenvalue weighted by Gasteiger charge is -2.11. The Kier molecular flexibility index (Phi) is 3.59. The third kappa shape index (κ3) is 2.30. The van der Waals surface area contributed by atoms with E-state index in [1.54, 1.807) is 25.1 Å². The lowest BCUT2D eigenvalue weighted by Crippen LogP contribution is -2.04. The Bertz CT molecular complexity index is 750. The molecule has 2 aromatic rings. The lowest BCUT2D eigenvalue weighted by atomic mass is 10.2. The van der Waals surface area contributed by atoms with Crippen LogP contribution in [0.25, 0.3) is 0 Å². The highest BCUT2D eigenvalue weighted by atomic mass is 32.2. The zero-order chi connectivity index (χ0) is 14.9. The maximum Gasteiger partial charge on any atom is 0.207 e. The maximum absolute atomic E-state index is 12.5. The molecule has 5 nitrogen and oxygen atoms in total. The molecule has 0 aliphatic heterocycles. The predicted octanol–water partition coefficient (Wildman–Crippen LogP) is 2.25. The van der Waals surface area contributed by atoms with E-state index in [9.17, 15) is 18.6 Å². The van der Waals surface area contributed by atoms with Crippen molar-refractivity contribution in [3.63, 3.8) is 0 Å². The number of methoxy groups -OCH3 is 1. The van der Waals surface area contributed by atoms with Gasteiger partial charge >= 0.3 is 0 Å². The second-order valence-corrected chi connectivity index (χ2v) is 6.18. The molecule has 2 aromatic carbocycles. The van der Waals surface area contributed by atoms with E-state index in [0.717, 1.165) is 6.07 Å². The molecule has 6 heteroatoms. The molecule has 0 spiro atoms. The van der Waals surface area contributed by atoms with Crippen LogP contribution >= 0.6 is 0 Å². The number of sulfone groups is 1. The molecule has 0 aliphatic rings. The van der Waals surface area contributed by atoms with Gasteiger partial charge in [0.15, 0.2) is 11.5 Å². The first-order valence-electron chi connectivity index (χ1n) is 5.78. The second kappa shape index (κ2) is 5.05. The zero-order valence-corrected chi connectivity index (χ0v) is 11.8. The molecule has 0 bridgehead atoms. The van der Waals surface area contributed by atoms with Crippen molar-refractivity contribution in [1.29, 1.82) is 0 Å². The van der Waals surface area contributed by atoms with Gasteiger partial charge in [-0.1, -0.05) is 18.2 Å². The predicted molar refractivity (Wildman–Crippen MR) is 73.0 cm³/mol. The fourth-order valence-corrected chi connectivity index (χ4v) is 3.40. The van der Waals surface area contributed by atoms with Crippen LogP contribution in [0.4, 0.5) is 0 Å². The van der Waals surface area contributed by atoms with Crippen molar-refractivity contribution in [2.45, 2.75) is 16.7 Å². The van der Waals surface area contributed by atoms with E-state index in [1.165, 1.54) is 19.2 Å². The van der Waals surface area contributed by atoms with Gasteiger partial charge in [0.2, 0.25) is 15.6 Å². The molecule has 0 radical (unpaired) electrons. The van der Waals surface area contributed by atoms with Crippen molar-refractivity contribution < 1.29 is 23.4 Å². The summed E-state index contributed by atoms with van der Waals surface area (Å²) in [5.41, 5.74) is 0.596. The van der Waals surface area contributed by atoms with Crippen LogP contribution in [0.5, 0.6) is 17.2 Å². The molecule has 2 rings (SSSR count). The quantitative estimate of drug-likeness (QED) is 0.848. The van der Waals surface area contributed by atoms with Gasteiger partial charge in [-0.2, -0.15) is 0 Å². The van der Waals surface area contributed by atoms with Crippen LogP contribution < -0.4 is 4.74 Å². The minimum absolute atomic E-state index is 0.0999. The average Bonchev–Trinajstić information content (AvgIpc) is 2.41. The van der Waals surface area contributed by atoms with Gasteiger partial charge in [0.1, 0.15) is 0 Å². The normalized spacial score (nSPS) is 11.3. The largest absolute Gasteiger partial charge is 0.504 e. The van der Waals surface area contributed by atoms with Gasteiger partial charge in [-0.15, -0.1) is 0 Å². The molecular weight excluding hydrogens is 280 g/mol. The number of hydrogen-bond acceptors (Lipinski definition) is 5. The van der Waals surface area contributed by atoms with E-state index in [-0.39, 0.29) is 15.5 Å². The van der Waals surface area contributed by atoms with E-state index in [0.29, 0.717) is 5.56 Å². The molecule has 0 saturated heterocycles. The van der Waals surface area contributed by atoms with Crippen molar-refractivity contribution in [1.82, 2.24) is 0 Å². The van der Waals surface area contributed by atoms with Gasteiger partial charge in [0.05, 0.1) is 16.9 Å². The lowest BCUT2D eigenvalue weighted by molar-refractivity contribution is 0.349. The van der Waals surface area contributed by atoms with E-state index in [4.69, 9.17) is 4.74 Å². The number of benzene rings is 2. The first-order chi connectivity index (χ1) is 9.37. The Morgan fingerprint density at radius 1 is 1.10 bits per heavy atom. The molecule has 2 N–H and O–H groups in total. The van der Waals surface area contributed by atoms with Crippen LogP contribution in [0, 0.1) is 6.92 Å². The Hall–Kier alpha value is -2.21. The Balaban J connectivity index is 2.68. The summed E-state index contributed by atoms with van der Waals surface area (Å²) in [6.07, 6.45) is 0. The minimum Gasteiger partial charge on any atom is -0.504 e. The summed E-state index contributed by atoms with van der Waals surface area (Å²) in [7, 11) is -2.52. The van der Waals surface area contributed by atoms with E-state index in [2.05, 4.69) is 0 Å². The third-order valence-electron chi connectivity index (χ3n) is 2.94. The van der Waals surface area contributed by atoms with Crippen molar-refractivity contribution in [3.05, 3.63) is 42.0 Å². The minimum atomic E-state index is -3.79. The average molecular weight is 294 g/mol. The fraction of sp³-hybridized carbons (Fsp3) is 0.143. The number of aryl methyl sites for hydroxylation is 1. The summed E-state index contributed by atoms with van der Waals surface area (Å²) < 4.78 is 29.9. The van der Waals surface area contributed by atoms with Crippen molar-refractivity contribution in [2.24, 2.45) is 0 Å². The van der Waals surface area contributed by atoms with Crippen LogP contribution in [0.3, 0.4) is 0 Å².